The lowest BCUT2D eigenvalue weighted by atomic mass is 10.1. The molecule has 0 bridgehead atoms. The number of amides is 1. The summed E-state index contributed by atoms with van der Waals surface area (Å²) in [5.74, 6) is -0.450. The van der Waals surface area contributed by atoms with Crippen molar-refractivity contribution in [1.29, 1.82) is 0 Å². The number of ether oxygens (including phenoxy) is 1. The first-order chi connectivity index (χ1) is 13.0. The summed E-state index contributed by atoms with van der Waals surface area (Å²) in [5.41, 5.74) is 1.37. The first-order valence-electron chi connectivity index (χ1n) is 8.37. The number of carbonyl (C=O) groups is 2. The number of benzene rings is 2. The molecule has 0 saturated heterocycles. The molecule has 7 heteroatoms. The Hall–Kier alpha value is -2.38. The number of nitrogens with one attached hydrogen (secondary N) is 1. The molecule has 1 amide bonds. The van der Waals surface area contributed by atoms with Crippen molar-refractivity contribution in [3.8, 4) is 0 Å². The summed E-state index contributed by atoms with van der Waals surface area (Å²) in [4.78, 5) is 24.8. The van der Waals surface area contributed by atoms with Crippen molar-refractivity contribution in [2.24, 2.45) is 0 Å². The first kappa shape index (κ1) is 19.4. The highest BCUT2D eigenvalue weighted by molar-refractivity contribution is 7.98. The largest absolute Gasteiger partial charge is 0.462 e. The van der Waals surface area contributed by atoms with Crippen LogP contribution in [0.1, 0.15) is 29.1 Å². The third-order valence-electron chi connectivity index (χ3n) is 3.78. The molecule has 1 N–H and O–H groups in total. The third kappa shape index (κ3) is 4.48. The molecule has 3 rings (SSSR count). The Bertz CT molecular complexity index is 983. The molecule has 140 valence electrons. The number of anilines is 1. The van der Waals surface area contributed by atoms with E-state index in [-0.39, 0.29) is 18.3 Å². The Balaban J connectivity index is 1.88. The minimum Gasteiger partial charge on any atom is -0.462 e. The van der Waals surface area contributed by atoms with Gasteiger partial charge in [0.15, 0.2) is 0 Å². The van der Waals surface area contributed by atoms with Gasteiger partial charge in [0.25, 0.3) is 0 Å². The quantitative estimate of drug-likeness (QED) is 0.438. The van der Waals surface area contributed by atoms with E-state index in [4.69, 9.17) is 4.74 Å². The van der Waals surface area contributed by atoms with Gasteiger partial charge in [0.05, 0.1) is 6.61 Å². The van der Waals surface area contributed by atoms with Crippen molar-refractivity contribution in [1.82, 2.24) is 0 Å². The predicted octanol–water partition coefficient (Wildman–Crippen LogP) is 5.47. The number of esters is 1. The number of hydrogen-bond donors (Lipinski definition) is 1. The first-order valence-corrected chi connectivity index (χ1v) is 10.2. The summed E-state index contributed by atoms with van der Waals surface area (Å²) >= 11 is 2.75. The molecule has 0 fully saturated rings. The molecule has 0 saturated carbocycles. The van der Waals surface area contributed by atoms with Crippen LogP contribution in [-0.4, -0.2) is 18.5 Å². The van der Waals surface area contributed by atoms with Crippen LogP contribution in [0.2, 0.25) is 0 Å². The van der Waals surface area contributed by atoms with E-state index in [2.05, 4.69) is 5.32 Å². The van der Waals surface area contributed by atoms with Crippen LogP contribution in [-0.2, 0) is 15.3 Å². The average molecular weight is 404 g/mol. The molecule has 27 heavy (non-hydrogen) atoms. The summed E-state index contributed by atoms with van der Waals surface area (Å²) in [6.07, 6.45) is 0. The van der Waals surface area contributed by atoms with E-state index < -0.39 is 5.97 Å². The lowest BCUT2D eigenvalue weighted by Crippen LogP contribution is -2.05. The number of rotatable bonds is 6. The zero-order valence-corrected chi connectivity index (χ0v) is 16.5. The molecule has 0 radical (unpaired) electrons. The zero-order chi connectivity index (χ0) is 19.4. The van der Waals surface area contributed by atoms with Crippen LogP contribution in [0.5, 0.6) is 0 Å². The van der Waals surface area contributed by atoms with Gasteiger partial charge in [-0.3, -0.25) is 4.79 Å². The maximum absolute atomic E-state index is 14.4. The minimum atomic E-state index is -0.422. The number of thioether (sulfide) groups is 1. The molecule has 0 atom stereocenters. The van der Waals surface area contributed by atoms with Crippen molar-refractivity contribution >= 4 is 50.7 Å². The predicted molar refractivity (Wildman–Crippen MR) is 108 cm³/mol. The Labute approximate surface area is 164 Å². The van der Waals surface area contributed by atoms with Crippen LogP contribution in [0.4, 0.5) is 10.1 Å². The number of thiophene rings is 1. The monoisotopic (exact) mass is 403 g/mol. The smallest absolute Gasteiger partial charge is 0.348 e. The van der Waals surface area contributed by atoms with E-state index in [9.17, 15) is 14.0 Å². The van der Waals surface area contributed by atoms with Gasteiger partial charge < -0.3 is 10.1 Å². The van der Waals surface area contributed by atoms with Crippen molar-refractivity contribution in [2.75, 3.05) is 11.9 Å². The van der Waals surface area contributed by atoms with Crippen molar-refractivity contribution in [3.05, 3.63) is 58.7 Å². The molecule has 0 unspecified atom stereocenters. The SMILES string of the molecule is CCOC(=O)c1sc2cccc(F)c2c1CSc1ccc(NC(C)=O)cc1. The lowest BCUT2D eigenvalue weighted by Gasteiger charge is -2.07. The highest BCUT2D eigenvalue weighted by atomic mass is 32.2. The maximum atomic E-state index is 14.4. The Kier molecular flexibility index (Phi) is 6.13. The van der Waals surface area contributed by atoms with Crippen LogP contribution in [0.3, 0.4) is 0 Å². The second-order valence-corrected chi connectivity index (χ2v) is 7.84. The fraction of sp³-hybridized carbons (Fsp3) is 0.200. The molecule has 0 aliphatic rings. The molecule has 1 aromatic heterocycles. The summed E-state index contributed by atoms with van der Waals surface area (Å²) in [7, 11) is 0. The maximum Gasteiger partial charge on any atom is 0.348 e. The summed E-state index contributed by atoms with van der Waals surface area (Å²) in [5, 5.41) is 3.19. The molecule has 2 aromatic carbocycles. The minimum absolute atomic E-state index is 0.130. The summed E-state index contributed by atoms with van der Waals surface area (Å²) in [6.45, 7) is 3.47. The molecule has 1 heterocycles. The summed E-state index contributed by atoms with van der Waals surface area (Å²) in [6, 6.07) is 12.2. The van der Waals surface area contributed by atoms with Gasteiger partial charge in [-0.15, -0.1) is 23.1 Å². The van der Waals surface area contributed by atoms with Crippen LogP contribution in [0.25, 0.3) is 10.1 Å². The zero-order valence-electron chi connectivity index (χ0n) is 14.9. The van der Waals surface area contributed by atoms with Crippen LogP contribution < -0.4 is 5.32 Å². The van der Waals surface area contributed by atoms with E-state index in [1.54, 1.807) is 13.0 Å². The van der Waals surface area contributed by atoms with Crippen molar-refractivity contribution in [3.63, 3.8) is 0 Å². The Morgan fingerprint density at radius 3 is 2.59 bits per heavy atom. The van der Waals surface area contributed by atoms with Gasteiger partial charge in [-0.1, -0.05) is 6.07 Å². The molecule has 4 nitrogen and oxygen atoms in total. The van der Waals surface area contributed by atoms with E-state index in [1.165, 1.54) is 36.1 Å². The van der Waals surface area contributed by atoms with Gasteiger partial charge in [-0.05, 0) is 48.9 Å². The molecule has 0 spiro atoms. The van der Waals surface area contributed by atoms with Gasteiger partial charge in [-0.25, -0.2) is 9.18 Å². The molecule has 3 aromatic rings. The normalized spacial score (nSPS) is 10.8. The average Bonchev–Trinajstić information content (AvgIpc) is 3.01. The lowest BCUT2D eigenvalue weighted by molar-refractivity contribution is -0.114. The standard InChI is InChI=1S/C20H18FNO3S2/c1-3-25-20(24)19-15(18-16(21)5-4-6-17(18)27-19)11-26-14-9-7-13(8-10-14)22-12(2)23/h4-10H,3,11H2,1-2H3,(H,22,23). The molecule has 0 aliphatic heterocycles. The topological polar surface area (TPSA) is 55.4 Å². The van der Waals surface area contributed by atoms with Gasteiger partial charge in [0.1, 0.15) is 10.7 Å². The fourth-order valence-electron chi connectivity index (χ4n) is 2.66. The van der Waals surface area contributed by atoms with E-state index in [0.29, 0.717) is 27.3 Å². The van der Waals surface area contributed by atoms with Gasteiger partial charge >= 0.3 is 5.97 Å². The van der Waals surface area contributed by atoms with Gasteiger partial charge in [-0.2, -0.15) is 0 Å². The van der Waals surface area contributed by atoms with Crippen LogP contribution in [0, 0.1) is 5.82 Å². The van der Waals surface area contributed by atoms with Crippen molar-refractivity contribution in [2.45, 2.75) is 24.5 Å². The Morgan fingerprint density at radius 2 is 1.93 bits per heavy atom. The van der Waals surface area contributed by atoms with Crippen molar-refractivity contribution < 1.29 is 18.7 Å². The van der Waals surface area contributed by atoms with Crippen LogP contribution in [0.15, 0.2) is 47.4 Å². The fourth-order valence-corrected chi connectivity index (χ4v) is 4.81. The number of fused-ring (bicyclic) bond motifs is 1. The summed E-state index contributed by atoms with van der Waals surface area (Å²) < 4.78 is 20.3. The van der Waals surface area contributed by atoms with E-state index >= 15 is 0 Å². The second kappa shape index (κ2) is 8.54. The second-order valence-electron chi connectivity index (χ2n) is 5.74. The third-order valence-corrected chi connectivity index (χ3v) is 6.00. The van der Waals surface area contributed by atoms with Crippen LogP contribution >= 0.6 is 23.1 Å². The number of carbonyl (C=O) groups excluding carboxylic acids is 2. The molecular weight excluding hydrogens is 385 g/mol. The van der Waals surface area contributed by atoms with E-state index in [1.807, 2.05) is 30.3 Å². The highest BCUT2D eigenvalue weighted by Crippen LogP contribution is 2.37. The van der Waals surface area contributed by atoms with Gasteiger partial charge in [0, 0.05) is 33.3 Å². The number of hydrogen-bond acceptors (Lipinski definition) is 5. The molecular formula is C20H18FNO3S2. The van der Waals surface area contributed by atoms with E-state index in [0.717, 1.165) is 9.60 Å². The number of halogens is 1. The highest BCUT2D eigenvalue weighted by Gasteiger charge is 2.21. The van der Waals surface area contributed by atoms with Gasteiger partial charge in [0.2, 0.25) is 5.91 Å². The Morgan fingerprint density at radius 1 is 1.19 bits per heavy atom. The molecule has 0 aliphatic carbocycles.